The fourth-order valence-electron chi connectivity index (χ4n) is 3.74. The Morgan fingerprint density at radius 3 is 2.67 bits per heavy atom. The SMILES string of the molecule is CC(C)(C)NC(=O)CN1C(=O)[C@H](N=[N+]=[N-])C[C@H](c2cccc(Cl)c2)c2ccccc21. The van der Waals surface area contributed by atoms with E-state index in [0.29, 0.717) is 10.7 Å². The summed E-state index contributed by atoms with van der Waals surface area (Å²) >= 11 is 6.20. The maximum Gasteiger partial charge on any atom is 0.240 e. The molecule has 1 N–H and O–H groups in total. The highest BCUT2D eigenvalue weighted by Gasteiger charge is 2.36. The summed E-state index contributed by atoms with van der Waals surface area (Å²) in [5, 5.41) is 7.23. The molecule has 0 fully saturated rings. The van der Waals surface area contributed by atoms with Crippen molar-refractivity contribution in [2.75, 3.05) is 11.4 Å². The Morgan fingerprint density at radius 1 is 1.27 bits per heavy atom. The number of fused-ring (bicyclic) bond motifs is 1. The molecule has 1 heterocycles. The maximum atomic E-state index is 13.3. The predicted molar refractivity (Wildman–Crippen MR) is 118 cm³/mol. The van der Waals surface area contributed by atoms with Crippen LogP contribution >= 0.6 is 11.6 Å². The van der Waals surface area contributed by atoms with Crippen LogP contribution in [0.3, 0.4) is 0 Å². The molecule has 30 heavy (non-hydrogen) atoms. The normalized spacial score (nSPS) is 18.8. The minimum absolute atomic E-state index is 0.160. The molecule has 0 saturated carbocycles. The van der Waals surface area contributed by atoms with Gasteiger partial charge in [-0.1, -0.05) is 47.0 Å². The lowest BCUT2D eigenvalue weighted by molar-refractivity contribution is -0.125. The van der Waals surface area contributed by atoms with E-state index in [4.69, 9.17) is 17.1 Å². The van der Waals surface area contributed by atoms with Crippen molar-refractivity contribution in [1.29, 1.82) is 0 Å². The number of anilines is 1. The molecule has 0 spiro atoms. The van der Waals surface area contributed by atoms with Gasteiger partial charge in [-0.3, -0.25) is 9.59 Å². The van der Waals surface area contributed by atoms with Gasteiger partial charge in [0.25, 0.3) is 0 Å². The van der Waals surface area contributed by atoms with E-state index >= 15 is 0 Å². The zero-order chi connectivity index (χ0) is 21.9. The van der Waals surface area contributed by atoms with Crippen molar-refractivity contribution in [3.8, 4) is 0 Å². The number of benzene rings is 2. The Kier molecular flexibility index (Phi) is 6.34. The Hall–Kier alpha value is -3.02. The molecule has 0 radical (unpaired) electrons. The van der Waals surface area contributed by atoms with Crippen LogP contribution in [0, 0.1) is 0 Å². The average molecular weight is 426 g/mol. The highest BCUT2D eigenvalue weighted by Crippen LogP contribution is 2.40. The molecule has 0 aromatic heterocycles. The average Bonchev–Trinajstić information content (AvgIpc) is 2.77. The summed E-state index contributed by atoms with van der Waals surface area (Å²) in [5.41, 5.74) is 11.1. The molecule has 0 bridgehead atoms. The first-order valence-corrected chi connectivity index (χ1v) is 10.1. The van der Waals surface area contributed by atoms with E-state index in [9.17, 15) is 9.59 Å². The van der Waals surface area contributed by atoms with Gasteiger partial charge in [0.1, 0.15) is 12.6 Å². The number of nitrogens with zero attached hydrogens (tertiary/aromatic N) is 4. The van der Waals surface area contributed by atoms with E-state index in [1.54, 1.807) is 6.07 Å². The molecule has 0 aliphatic carbocycles. The molecule has 3 rings (SSSR count). The topological polar surface area (TPSA) is 98.2 Å². The van der Waals surface area contributed by atoms with Crippen LogP contribution in [0.15, 0.2) is 53.6 Å². The summed E-state index contributed by atoms with van der Waals surface area (Å²) in [4.78, 5) is 30.2. The van der Waals surface area contributed by atoms with E-state index in [2.05, 4.69) is 15.3 Å². The number of carbonyl (C=O) groups is 2. The van der Waals surface area contributed by atoms with Crippen LogP contribution in [-0.2, 0) is 9.59 Å². The number of halogens is 1. The second-order valence-corrected chi connectivity index (χ2v) is 8.78. The first-order chi connectivity index (χ1) is 14.2. The van der Waals surface area contributed by atoms with Crippen molar-refractivity contribution >= 4 is 29.1 Å². The van der Waals surface area contributed by atoms with Gasteiger partial charge in [0.2, 0.25) is 11.8 Å². The lowest BCUT2D eigenvalue weighted by atomic mass is 9.86. The van der Waals surface area contributed by atoms with Crippen LogP contribution < -0.4 is 10.2 Å². The third kappa shape index (κ3) is 4.93. The first kappa shape index (κ1) is 21.7. The Balaban J connectivity index is 2.09. The van der Waals surface area contributed by atoms with E-state index in [-0.39, 0.29) is 24.8 Å². The monoisotopic (exact) mass is 425 g/mol. The van der Waals surface area contributed by atoms with Crippen LogP contribution in [0.2, 0.25) is 5.02 Å². The van der Waals surface area contributed by atoms with Crippen LogP contribution in [0.1, 0.15) is 44.2 Å². The van der Waals surface area contributed by atoms with Crippen molar-refractivity contribution < 1.29 is 9.59 Å². The quantitative estimate of drug-likeness (QED) is 0.432. The van der Waals surface area contributed by atoms with E-state index in [1.807, 2.05) is 63.2 Å². The molecule has 0 saturated heterocycles. The van der Waals surface area contributed by atoms with Crippen molar-refractivity contribution in [3.63, 3.8) is 0 Å². The molecule has 2 aromatic rings. The van der Waals surface area contributed by atoms with Gasteiger partial charge in [-0.2, -0.15) is 0 Å². The summed E-state index contributed by atoms with van der Waals surface area (Å²) in [6.45, 7) is 5.47. The number of hydrogen-bond donors (Lipinski definition) is 1. The lowest BCUT2D eigenvalue weighted by Gasteiger charge is -2.27. The number of para-hydroxylation sites is 1. The zero-order valence-electron chi connectivity index (χ0n) is 17.2. The third-order valence-corrected chi connectivity index (χ3v) is 5.11. The summed E-state index contributed by atoms with van der Waals surface area (Å²) in [7, 11) is 0. The van der Waals surface area contributed by atoms with Gasteiger partial charge >= 0.3 is 0 Å². The van der Waals surface area contributed by atoms with Gasteiger partial charge < -0.3 is 10.2 Å². The van der Waals surface area contributed by atoms with Gasteiger partial charge in [-0.15, -0.1) is 0 Å². The zero-order valence-corrected chi connectivity index (χ0v) is 17.9. The predicted octanol–water partition coefficient (Wildman–Crippen LogP) is 4.80. The number of carbonyl (C=O) groups excluding carboxylic acids is 2. The summed E-state index contributed by atoms with van der Waals surface area (Å²) in [6.07, 6.45) is 0.289. The molecule has 7 nitrogen and oxygen atoms in total. The number of azide groups is 1. The second kappa shape index (κ2) is 8.78. The third-order valence-electron chi connectivity index (χ3n) is 4.87. The Bertz CT molecular complexity index is 1010. The molecular weight excluding hydrogens is 402 g/mol. The van der Waals surface area contributed by atoms with Gasteiger partial charge in [-0.05, 0) is 62.0 Å². The maximum absolute atomic E-state index is 13.3. The number of amides is 2. The van der Waals surface area contributed by atoms with Crippen LogP contribution in [0.5, 0.6) is 0 Å². The van der Waals surface area contributed by atoms with Crippen molar-refractivity contribution in [1.82, 2.24) is 5.32 Å². The van der Waals surface area contributed by atoms with Crippen molar-refractivity contribution in [2.24, 2.45) is 5.11 Å². The summed E-state index contributed by atoms with van der Waals surface area (Å²) < 4.78 is 0. The molecule has 1 aliphatic heterocycles. The minimum Gasteiger partial charge on any atom is -0.350 e. The van der Waals surface area contributed by atoms with Gasteiger partial charge in [0.05, 0.1) is 0 Å². The second-order valence-electron chi connectivity index (χ2n) is 8.35. The Morgan fingerprint density at radius 2 is 2.00 bits per heavy atom. The lowest BCUT2D eigenvalue weighted by Crippen LogP contribution is -2.49. The smallest absolute Gasteiger partial charge is 0.240 e. The van der Waals surface area contributed by atoms with E-state index in [0.717, 1.165) is 11.1 Å². The molecule has 156 valence electrons. The van der Waals surface area contributed by atoms with E-state index in [1.165, 1.54) is 4.90 Å². The first-order valence-electron chi connectivity index (χ1n) is 9.70. The van der Waals surface area contributed by atoms with Crippen LogP contribution in [0.25, 0.3) is 10.4 Å². The van der Waals surface area contributed by atoms with Crippen molar-refractivity contribution in [2.45, 2.75) is 44.7 Å². The van der Waals surface area contributed by atoms with Crippen molar-refractivity contribution in [3.05, 3.63) is 75.1 Å². The highest BCUT2D eigenvalue weighted by atomic mass is 35.5. The fourth-order valence-corrected chi connectivity index (χ4v) is 3.94. The molecule has 0 unspecified atom stereocenters. The minimum atomic E-state index is -0.936. The summed E-state index contributed by atoms with van der Waals surface area (Å²) in [6, 6.07) is 13.9. The van der Waals surface area contributed by atoms with Gasteiger partial charge in [0, 0.05) is 27.1 Å². The van der Waals surface area contributed by atoms with Gasteiger partial charge in [0.15, 0.2) is 0 Å². The largest absolute Gasteiger partial charge is 0.350 e. The molecule has 2 aromatic carbocycles. The fraction of sp³-hybridized carbons (Fsp3) is 0.364. The molecule has 2 atom stereocenters. The highest BCUT2D eigenvalue weighted by molar-refractivity contribution is 6.30. The number of rotatable bonds is 4. The Labute approximate surface area is 180 Å². The number of nitrogens with one attached hydrogen (secondary N) is 1. The molecule has 8 heteroatoms. The molecule has 1 aliphatic rings. The van der Waals surface area contributed by atoms with E-state index < -0.39 is 17.5 Å². The van der Waals surface area contributed by atoms with Gasteiger partial charge in [-0.25, -0.2) is 0 Å². The summed E-state index contributed by atoms with van der Waals surface area (Å²) in [5.74, 6) is -0.893. The standard InChI is InChI=1S/C22H24ClN5O2/c1-22(2,3)25-20(29)13-28-19-10-5-4-9-16(19)17(12-18(21(28)30)26-27-24)14-7-6-8-15(23)11-14/h4-11,17-18H,12-13H2,1-3H3,(H,25,29)/t17-,18-/m1/s1. The van der Waals surface area contributed by atoms with Crippen LogP contribution in [0.4, 0.5) is 5.69 Å². The molecular formula is C22H24ClN5O2. The molecule has 2 amide bonds. The van der Waals surface area contributed by atoms with Crippen LogP contribution in [-0.4, -0.2) is 29.9 Å². The number of hydrogen-bond acceptors (Lipinski definition) is 3.